The number of amides is 6. The van der Waals surface area contributed by atoms with Crippen LogP contribution in [0.25, 0.3) is 22.7 Å². The Labute approximate surface area is 667 Å². The van der Waals surface area contributed by atoms with Crippen LogP contribution in [0.2, 0.25) is 0 Å². The van der Waals surface area contributed by atoms with Crippen LogP contribution >= 0.6 is 31.9 Å². The van der Waals surface area contributed by atoms with Crippen LogP contribution in [0.15, 0.2) is 192 Å². The maximum absolute atomic E-state index is 13.3. The monoisotopic (exact) mass is 1660 g/mol. The first kappa shape index (κ1) is 83.3. The Morgan fingerprint density at radius 3 is 1.12 bits per heavy atom. The molecular formula is C79H95Br2FN22O8. The minimum atomic E-state index is -0.556. The van der Waals surface area contributed by atoms with Crippen molar-refractivity contribution in [2.24, 2.45) is 0 Å². The number of nitrogens with zero attached hydrogens (tertiary/aromatic N) is 20. The lowest BCUT2D eigenvalue weighted by molar-refractivity contribution is 0.0225. The lowest BCUT2D eigenvalue weighted by atomic mass is 10.1. The number of anilines is 1. The molecule has 590 valence electrons. The number of aromatic nitrogens is 14. The third kappa shape index (κ3) is 21.7. The molecule has 33 heteroatoms. The fourth-order valence-corrected chi connectivity index (χ4v) is 14.1. The molecule has 4 aliphatic heterocycles. The second kappa shape index (κ2) is 37.7. The molecule has 10 aromatic rings. The van der Waals surface area contributed by atoms with E-state index >= 15 is 0 Å². The fraction of sp³-hybridized carbons (Fsp3) is 0.392. The van der Waals surface area contributed by atoms with Crippen molar-refractivity contribution >= 4 is 73.5 Å². The van der Waals surface area contributed by atoms with E-state index in [1.165, 1.54) is 31.4 Å². The van der Waals surface area contributed by atoms with Gasteiger partial charge in [0, 0.05) is 104 Å². The largest absolute Gasteiger partial charge is 0.444 e. The normalized spacial score (nSPS) is 19.1. The van der Waals surface area contributed by atoms with Crippen LogP contribution in [0.4, 0.5) is 19.8 Å². The van der Waals surface area contributed by atoms with Crippen LogP contribution in [0, 0.1) is 5.95 Å². The molecule has 0 unspecified atom stereocenters. The van der Waals surface area contributed by atoms with Crippen molar-refractivity contribution in [1.29, 1.82) is 0 Å². The Bertz CT molecular complexity index is 4760. The molecule has 30 nitrogen and oxygen atoms in total. The SMILES string of the molecule is CN[C@@H]1C[C@@H](C)N(C(=O)c2ccccc2-n2nccn2)C1.C[C@@H]1C[C@@H](N(C)C(=O)OC(C)(C)C)CN1C(=O)c1ccccc1-n1nccn1.C[C@@H]1C[C@@H](N(C)c2cc(Br)ccn2)CN1C(=O)c1ccccc1-n1nccn1.C[C@@H]1C[C@@H](NC(=O)OC(C)(C)C)CN1C(=O)c1ccccc1-n1nccn1.Fc1cc(Br)ccn1. The van der Waals surface area contributed by atoms with Gasteiger partial charge in [-0.2, -0.15) is 64.4 Å². The van der Waals surface area contributed by atoms with Crippen LogP contribution in [0.3, 0.4) is 0 Å². The smallest absolute Gasteiger partial charge is 0.410 e. The van der Waals surface area contributed by atoms with Crippen molar-refractivity contribution in [2.75, 3.05) is 52.2 Å². The van der Waals surface area contributed by atoms with Gasteiger partial charge in [-0.15, -0.1) is 0 Å². The summed E-state index contributed by atoms with van der Waals surface area (Å²) in [6.45, 7) is 21.4. The van der Waals surface area contributed by atoms with Crippen LogP contribution in [-0.2, 0) is 9.47 Å². The minimum absolute atomic E-state index is 0.000948. The number of likely N-dealkylation sites (N-methyl/N-ethyl adjacent to an activating group) is 3. The van der Waals surface area contributed by atoms with Crippen LogP contribution in [0.1, 0.15) is 136 Å². The van der Waals surface area contributed by atoms with E-state index in [1.54, 1.807) is 95.7 Å². The number of carbonyl (C=O) groups excluding carboxylic acids is 6. The standard InChI is InChI=1S/C20H21BrN6O.C20H27N5O3.C19H25N5O3.C15H19N5O.C5H3BrFN/c1-14-11-16(25(2)19-12-15(21)7-8-22-19)13-26(14)20(28)17-5-3-4-6-18(17)27-23-9-10-24-27;1-14-12-15(23(5)19(27)28-20(2,3)4)13-24(14)18(26)16-8-6-7-9-17(16)25-21-10-11-22-25;1-13-11-14(22-18(26)27-19(2,3)4)12-23(13)17(25)15-7-5-6-8-16(15)24-20-9-10-21-24;1-11-9-12(16-2)10-19(11)15(21)13-5-3-4-6-14(13)20-17-7-8-18-20;6-4-1-2-8-5(7)3-4/h3-10,12,14,16H,11,13H2,1-2H3;6-11,14-15H,12-13H2,1-5H3;5-10,13-14H,11-12H2,1-4H3,(H,22,26);3-8,11-12,16H,9-10H2,1-2H3;1-3H/t14-,16-;14-,15-;13-,14-;11-,12-;/m1111./s1. The van der Waals surface area contributed by atoms with E-state index in [1.807, 2.05) is 176 Å². The summed E-state index contributed by atoms with van der Waals surface area (Å²) in [6, 6.07) is 37.0. The first-order valence-electron chi connectivity index (χ1n) is 36.8. The van der Waals surface area contributed by atoms with Crippen molar-refractivity contribution < 1.29 is 42.6 Å². The number of likely N-dealkylation sites (tertiary alicyclic amines) is 4. The number of halogens is 3. The number of nitrogens with one attached hydrogen (secondary N) is 2. The van der Waals surface area contributed by atoms with Gasteiger partial charge in [-0.1, -0.05) is 80.4 Å². The number of pyridine rings is 2. The van der Waals surface area contributed by atoms with Gasteiger partial charge < -0.3 is 49.5 Å². The van der Waals surface area contributed by atoms with E-state index in [9.17, 15) is 33.2 Å². The second-order valence-corrected chi connectivity index (χ2v) is 31.3. The minimum Gasteiger partial charge on any atom is -0.444 e. The molecule has 112 heavy (non-hydrogen) atoms. The number of hydrogen-bond acceptors (Lipinski definition) is 20. The first-order valence-corrected chi connectivity index (χ1v) is 38.3. The zero-order chi connectivity index (χ0) is 80.6. The van der Waals surface area contributed by atoms with Crippen molar-refractivity contribution in [2.45, 2.75) is 154 Å². The highest BCUT2D eigenvalue weighted by atomic mass is 79.9. The summed E-state index contributed by atoms with van der Waals surface area (Å²) in [7, 11) is 5.69. The fourth-order valence-electron chi connectivity index (χ4n) is 13.5. The van der Waals surface area contributed by atoms with E-state index in [4.69, 9.17) is 9.47 Å². The molecule has 0 aliphatic carbocycles. The molecule has 8 atom stereocenters. The highest BCUT2D eigenvalue weighted by Gasteiger charge is 2.41. The molecule has 0 radical (unpaired) electrons. The zero-order valence-corrected chi connectivity index (χ0v) is 68.1. The van der Waals surface area contributed by atoms with E-state index < -0.39 is 23.2 Å². The first-order chi connectivity index (χ1) is 53.4. The molecule has 6 amide bonds. The van der Waals surface area contributed by atoms with Gasteiger partial charge >= 0.3 is 12.2 Å². The second-order valence-electron chi connectivity index (χ2n) is 29.5. The molecule has 4 aliphatic rings. The number of rotatable bonds is 13. The molecule has 14 rings (SSSR count). The number of ether oxygens (including phenoxy) is 2. The molecule has 0 bridgehead atoms. The Balaban J connectivity index is 0.000000154. The summed E-state index contributed by atoms with van der Waals surface area (Å²) in [5.41, 5.74) is 3.86. The summed E-state index contributed by atoms with van der Waals surface area (Å²) in [4.78, 5) is 102. The van der Waals surface area contributed by atoms with Gasteiger partial charge in [0.25, 0.3) is 23.6 Å². The predicted octanol–water partition coefficient (Wildman–Crippen LogP) is 11.4. The molecule has 2 N–H and O–H groups in total. The van der Waals surface area contributed by atoms with Crippen LogP contribution in [-0.4, -0.2) is 237 Å². The Morgan fingerprint density at radius 1 is 0.438 bits per heavy atom. The van der Waals surface area contributed by atoms with E-state index in [-0.39, 0.29) is 72.0 Å². The predicted molar refractivity (Wildman–Crippen MR) is 426 cm³/mol. The molecule has 0 saturated carbocycles. The van der Waals surface area contributed by atoms with Gasteiger partial charge in [-0.3, -0.25) is 19.2 Å². The molecular weight excluding hydrogens is 1560 g/mol. The third-order valence-corrected chi connectivity index (χ3v) is 20.0. The van der Waals surface area contributed by atoms with Crippen molar-refractivity contribution in [3.05, 3.63) is 220 Å². The lowest BCUT2D eigenvalue weighted by Gasteiger charge is -2.28. The molecule has 0 spiro atoms. The van der Waals surface area contributed by atoms with Gasteiger partial charge in [-0.05, 0) is 169 Å². The third-order valence-electron chi connectivity index (χ3n) is 19.0. The molecule has 10 heterocycles. The Hall–Kier alpha value is -11.2. The van der Waals surface area contributed by atoms with Gasteiger partial charge in [0.05, 0.1) is 107 Å². The molecule has 4 fully saturated rings. The van der Waals surface area contributed by atoms with Crippen molar-refractivity contribution in [3.63, 3.8) is 0 Å². The number of alkyl carbamates (subject to hydrolysis) is 1. The van der Waals surface area contributed by atoms with E-state index in [2.05, 4.69) is 112 Å². The Kier molecular flexibility index (Phi) is 28.0. The van der Waals surface area contributed by atoms with Crippen molar-refractivity contribution in [3.8, 4) is 22.7 Å². The van der Waals surface area contributed by atoms with Gasteiger partial charge in [-0.25, -0.2) is 19.6 Å². The molecule has 6 aromatic heterocycles. The highest BCUT2D eigenvalue weighted by Crippen LogP contribution is 2.31. The number of carbonyl (C=O) groups is 6. The lowest BCUT2D eigenvalue weighted by Crippen LogP contribution is -2.43. The topological polar surface area (TPSA) is 313 Å². The van der Waals surface area contributed by atoms with E-state index in [0.717, 1.165) is 29.7 Å². The summed E-state index contributed by atoms with van der Waals surface area (Å²) < 4.78 is 24.5. The quantitative estimate of drug-likeness (QED) is 0.101. The van der Waals surface area contributed by atoms with Crippen molar-refractivity contribution in [1.82, 2.24) is 105 Å². The number of para-hydroxylation sites is 4. The van der Waals surface area contributed by atoms with Gasteiger partial charge in [0.2, 0.25) is 5.95 Å². The van der Waals surface area contributed by atoms with Gasteiger partial charge in [0.15, 0.2) is 0 Å². The summed E-state index contributed by atoms with van der Waals surface area (Å²) >= 11 is 6.58. The number of benzene rings is 4. The maximum Gasteiger partial charge on any atom is 0.410 e. The maximum atomic E-state index is 13.3. The average molecular weight is 1660 g/mol. The summed E-state index contributed by atoms with van der Waals surface area (Å²) in [5, 5.41) is 39.3. The zero-order valence-electron chi connectivity index (χ0n) is 64.9. The molecule has 4 saturated heterocycles. The van der Waals surface area contributed by atoms with Gasteiger partial charge in [0.1, 0.15) is 17.0 Å². The molecule has 4 aromatic carbocycles. The van der Waals surface area contributed by atoms with Crippen LogP contribution in [0.5, 0.6) is 0 Å². The number of hydrogen-bond donors (Lipinski definition) is 2. The highest BCUT2D eigenvalue weighted by molar-refractivity contribution is 9.10. The van der Waals surface area contributed by atoms with E-state index in [0.29, 0.717) is 88.0 Å². The summed E-state index contributed by atoms with van der Waals surface area (Å²) in [6.07, 6.45) is 18.3. The Morgan fingerprint density at radius 2 is 0.768 bits per heavy atom. The average Bonchev–Trinajstić information content (AvgIpc) is 1.65. The van der Waals surface area contributed by atoms with Crippen LogP contribution < -0.4 is 15.5 Å². The summed E-state index contributed by atoms with van der Waals surface area (Å²) in [5.74, 6) is 0.261.